The van der Waals surface area contributed by atoms with Gasteiger partial charge in [-0.3, -0.25) is 9.69 Å². The maximum absolute atomic E-state index is 9.84. The number of ether oxygens (including phenoxy) is 2. The molecule has 5 rings (SSSR count). The second kappa shape index (κ2) is 20.0. The molecule has 0 aromatic heterocycles. The highest BCUT2D eigenvalue weighted by molar-refractivity contribution is 5.74. The predicted octanol–water partition coefficient (Wildman–Crippen LogP) is 9.07. The molecule has 6 heteroatoms. The first-order valence-corrected chi connectivity index (χ1v) is 17.7. The van der Waals surface area contributed by atoms with Crippen LogP contribution < -0.4 is 15.2 Å². The Labute approximate surface area is 284 Å². The van der Waals surface area contributed by atoms with E-state index in [1.165, 1.54) is 72.3 Å². The van der Waals surface area contributed by atoms with Crippen molar-refractivity contribution in [2.75, 3.05) is 39.8 Å². The number of rotatable bonds is 12. The van der Waals surface area contributed by atoms with E-state index < -0.39 is 0 Å². The van der Waals surface area contributed by atoms with Gasteiger partial charge in [-0.15, -0.1) is 0 Å². The van der Waals surface area contributed by atoms with E-state index in [1.807, 2.05) is 32.9 Å². The normalized spacial score (nSPS) is 17.2. The Balaban J connectivity index is 0.000000424. The molecule has 1 saturated heterocycles. The zero-order valence-electron chi connectivity index (χ0n) is 30.1. The summed E-state index contributed by atoms with van der Waals surface area (Å²) in [5, 5.41) is 0. The van der Waals surface area contributed by atoms with Crippen LogP contribution in [0.2, 0.25) is 0 Å². The van der Waals surface area contributed by atoms with Crippen LogP contribution in [-0.2, 0) is 4.79 Å². The standard InChI is InChI=1S/C31H45N3O.C8H8O2.C2H6/c1-5-30(32)28-15-10-23(2)22-29(28)27-16-20-33(4)31(24(27)3)25-11-13-26(14-12-25)35-21-9-8-19-34-17-6-7-18-34;1-7-2-4-8(5-3-7)10-6-9;1-2/h10-15,22,30-31H,5-9,16-21,32H2,1-4H3;2-6H,1H3;1-2H3. The van der Waals surface area contributed by atoms with Crippen molar-refractivity contribution in [3.8, 4) is 11.5 Å². The molecule has 2 atom stereocenters. The summed E-state index contributed by atoms with van der Waals surface area (Å²) in [6, 6.07) is 23.2. The van der Waals surface area contributed by atoms with E-state index in [0.717, 1.165) is 43.7 Å². The minimum absolute atomic E-state index is 0.0794. The fourth-order valence-corrected chi connectivity index (χ4v) is 6.49. The lowest BCUT2D eigenvalue weighted by atomic mass is 9.82. The highest BCUT2D eigenvalue weighted by Crippen LogP contribution is 2.41. The van der Waals surface area contributed by atoms with Crippen molar-refractivity contribution in [1.82, 2.24) is 9.80 Å². The Morgan fingerprint density at radius 2 is 1.51 bits per heavy atom. The molecule has 1 fully saturated rings. The van der Waals surface area contributed by atoms with E-state index in [4.69, 9.17) is 10.5 Å². The fraction of sp³-hybridized carbons (Fsp3) is 0.488. The Bertz CT molecular complexity index is 1380. The molecular weight excluding hydrogens is 582 g/mol. The molecule has 0 amide bonds. The third kappa shape index (κ3) is 11.3. The van der Waals surface area contributed by atoms with E-state index in [-0.39, 0.29) is 12.1 Å². The summed E-state index contributed by atoms with van der Waals surface area (Å²) in [7, 11) is 2.24. The van der Waals surface area contributed by atoms with Gasteiger partial charge in [-0.25, -0.2) is 0 Å². The van der Waals surface area contributed by atoms with Gasteiger partial charge in [0.25, 0.3) is 6.47 Å². The van der Waals surface area contributed by atoms with Crippen LogP contribution in [0, 0.1) is 13.8 Å². The molecule has 0 spiro atoms. The van der Waals surface area contributed by atoms with Gasteiger partial charge in [-0.2, -0.15) is 0 Å². The molecule has 2 aliphatic heterocycles. The van der Waals surface area contributed by atoms with Crippen LogP contribution in [0.15, 0.2) is 72.3 Å². The number of carbonyl (C=O) groups excluding carboxylic acids is 1. The lowest BCUT2D eigenvalue weighted by molar-refractivity contribution is -0.120. The van der Waals surface area contributed by atoms with Crippen molar-refractivity contribution < 1.29 is 14.3 Å². The summed E-state index contributed by atoms with van der Waals surface area (Å²) in [5.41, 5.74) is 15.8. The first-order valence-electron chi connectivity index (χ1n) is 17.7. The molecule has 2 heterocycles. The molecule has 2 aliphatic rings. The number of nitrogens with two attached hydrogens (primary N) is 1. The van der Waals surface area contributed by atoms with Gasteiger partial charge in [0.1, 0.15) is 11.5 Å². The van der Waals surface area contributed by atoms with Crippen LogP contribution in [0.4, 0.5) is 0 Å². The number of carbonyl (C=O) groups is 1. The minimum atomic E-state index is 0.0794. The van der Waals surface area contributed by atoms with E-state index >= 15 is 0 Å². The SMILES string of the molecule is CC.CCC(N)c1ccc(C)cc1C1=C(C)C(c2ccc(OCCCCN3CCCC3)cc2)N(C)CC1.Cc1ccc(OC=O)cc1. The Morgan fingerprint density at radius 1 is 0.872 bits per heavy atom. The summed E-state index contributed by atoms with van der Waals surface area (Å²) in [6.45, 7) is 18.7. The Hall–Kier alpha value is -3.45. The maximum atomic E-state index is 9.84. The number of nitrogens with zero attached hydrogens (tertiary/aromatic N) is 2. The monoisotopic (exact) mass is 641 g/mol. The van der Waals surface area contributed by atoms with Gasteiger partial charge in [0.2, 0.25) is 0 Å². The van der Waals surface area contributed by atoms with E-state index in [9.17, 15) is 4.79 Å². The van der Waals surface area contributed by atoms with Crippen LogP contribution in [0.1, 0.15) is 106 Å². The Kier molecular flexibility index (Phi) is 16.2. The highest BCUT2D eigenvalue weighted by Gasteiger charge is 2.28. The number of unbranched alkanes of at least 4 members (excludes halogenated alkanes) is 1. The van der Waals surface area contributed by atoms with Gasteiger partial charge in [-0.1, -0.05) is 74.4 Å². The van der Waals surface area contributed by atoms with Gasteiger partial charge in [0.05, 0.1) is 12.6 Å². The molecule has 6 nitrogen and oxygen atoms in total. The maximum Gasteiger partial charge on any atom is 0.298 e. The van der Waals surface area contributed by atoms with E-state index in [1.54, 1.807) is 12.1 Å². The van der Waals surface area contributed by atoms with Crippen molar-refractivity contribution in [2.45, 2.75) is 92.2 Å². The third-order valence-electron chi connectivity index (χ3n) is 9.15. The first-order chi connectivity index (χ1) is 22.8. The predicted molar refractivity (Wildman–Crippen MR) is 197 cm³/mol. The van der Waals surface area contributed by atoms with Gasteiger partial charge >= 0.3 is 0 Å². The van der Waals surface area contributed by atoms with Crippen LogP contribution >= 0.6 is 0 Å². The summed E-state index contributed by atoms with van der Waals surface area (Å²) in [4.78, 5) is 14.9. The van der Waals surface area contributed by atoms with E-state index in [2.05, 4.69) is 84.8 Å². The molecule has 2 unspecified atom stereocenters. The first kappa shape index (κ1) is 38.0. The number of hydrogen-bond donors (Lipinski definition) is 1. The van der Waals surface area contributed by atoms with E-state index in [0.29, 0.717) is 12.2 Å². The number of hydrogen-bond acceptors (Lipinski definition) is 6. The van der Waals surface area contributed by atoms with Crippen LogP contribution in [0.25, 0.3) is 5.57 Å². The summed E-state index contributed by atoms with van der Waals surface area (Å²) in [5.74, 6) is 1.56. The molecule has 2 N–H and O–H groups in total. The molecule has 256 valence electrons. The number of likely N-dealkylation sites (N-methyl/N-ethyl adjacent to an activating group) is 1. The zero-order chi connectivity index (χ0) is 34.2. The highest BCUT2D eigenvalue weighted by atomic mass is 16.5. The molecular formula is C41H59N3O3. The molecule has 0 bridgehead atoms. The van der Waals surface area contributed by atoms with Gasteiger partial charge in [0.15, 0.2) is 0 Å². The van der Waals surface area contributed by atoms with Crippen molar-refractivity contribution in [3.05, 3.63) is 100 Å². The van der Waals surface area contributed by atoms with Crippen LogP contribution in [-0.4, -0.2) is 56.1 Å². The van der Waals surface area contributed by atoms with Crippen molar-refractivity contribution >= 4 is 12.0 Å². The van der Waals surface area contributed by atoms with Crippen molar-refractivity contribution in [3.63, 3.8) is 0 Å². The van der Waals surface area contributed by atoms with Crippen molar-refractivity contribution in [2.24, 2.45) is 5.73 Å². The lowest BCUT2D eigenvalue weighted by Gasteiger charge is -2.37. The molecule has 0 saturated carbocycles. The molecule has 3 aromatic rings. The quantitative estimate of drug-likeness (QED) is 0.157. The summed E-state index contributed by atoms with van der Waals surface area (Å²) in [6.07, 6.45) is 7.09. The minimum Gasteiger partial charge on any atom is -0.494 e. The van der Waals surface area contributed by atoms with Gasteiger partial charge in [-0.05, 0) is 138 Å². The molecule has 47 heavy (non-hydrogen) atoms. The third-order valence-corrected chi connectivity index (χ3v) is 9.15. The zero-order valence-corrected chi connectivity index (χ0v) is 30.1. The van der Waals surface area contributed by atoms with Crippen molar-refractivity contribution in [1.29, 1.82) is 0 Å². The molecule has 0 radical (unpaired) electrons. The number of likely N-dealkylation sites (tertiary alicyclic amines) is 1. The molecule has 3 aromatic carbocycles. The average molecular weight is 642 g/mol. The second-order valence-electron chi connectivity index (χ2n) is 12.6. The largest absolute Gasteiger partial charge is 0.494 e. The number of benzene rings is 3. The number of aryl methyl sites for hydroxylation is 2. The summed E-state index contributed by atoms with van der Waals surface area (Å²) < 4.78 is 10.6. The summed E-state index contributed by atoms with van der Waals surface area (Å²) >= 11 is 0. The lowest BCUT2D eigenvalue weighted by Crippen LogP contribution is -2.31. The Morgan fingerprint density at radius 3 is 2.15 bits per heavy atom. The average Bonchev–Trinajstić information content (AvgIpc) is 3.61. The van der Waals surface area contributed by atoms with Gasteiger partial charge < -0.3 is 20.1 Å². The van der Waals surface area contributed by atoms with Crippen LogP contribution in [0.3, 0.4) is 0 Å². The second-order valence-corrected chi connectivity index (χ2v) is 12.6. The van der Waals surface area contributed by atoms with Crippen LogP contribution in [0.5, 0.6) is 11.5 Å². The topological polar surface area (TPSA) is 68.0 Å². The molecule has 0 aliphatic carbocycles. The fourth-order valence-electron chi connectivity index (χ4n) is 6.49. The van der Waals surface area contributed by atoms with Gasteiger partial charge in [0, 0.05) is 12.6 Å². The smallest absolute Gasteiger partial charge is 0.298 e.